The highest BCUT2D eigenvalue weighted by atomic mass is 32.2. The Morgan fingerprint density at radius 2 is 1.97 bits per heavy atom. The normalized spacial score (nSPS) is 23.1. The third-order valence-corrected chi connectivity index (χ3v) is 8.45. The molecule has 2 aliphatic rings. The number of amides is 1. The number of thioether (sulfide) groups is 1. The second kappa shape index (κ2) is 14.2. The van der Waals surface area contributed by atoms with E-state index >= 15 is 0 Å². The van der Waals surface area contributed by atoms with Gasteiger partial charge in [-0.05, 0) is 43.4 Å². The number of carboxylic acid groups (broad SMARTS) is 1. The molecular formula is C27H44N2O7S. The van der Waals surface area contributed by atoms with Gasteiger partial charge in [-0.3, -0.25) is 14.7 Å². The molecule has 2 heterocycles. The molecule has 2 N–H and O–H groups in total. The predicted octanol–water partition coefficient (Wildman–Crippen LogP) is 4.52. The average Bonchev–Trinajstić information content (AvgIpc) is 3.49. The summed E-state index contributed by atoms with van der Waals surface area (Å²) < 4.78 is 10.9. The smallest absolute Gasteiger partial charge is 0.408 e. The molecule has 2 aliphatic heterocycles. The lowest BCUT2D eigenvalue weighted by atomic mass is 9.81. The summed E-state index contributed by atoms with van der Waals surface area (Å²) in [5, 5.41) is 21.4. The summed E-state index contributed by atoms with van der Waals surface area (Å²) >= 11 is 1.62. The van der Waals surface area contributed by atoms with Crippen LogP contribution in [-0.4, -0.2) is 81.4 Å². The van der Waals surface area contributed by atoms with E-state index < -0.39 is 30.3 Å². The van der Waals surface area contributed by atoms with Gasteiger partial charge in [-0.2, -0.15) is 0 Å². The van der Waals surface area contributed by atoms with E-state index in [1.807, 2.05) is 34.6 Å². The van der Waals surface area contributed by atoms with Crippen molar-refractivity contribution in [2.75, 3.05) is 19.7 Å². The predicted molar refractivity (Wildman–Crippen MR) is 145 cm³/mol. The molecule has 0 aromatic heterocycles. The summed E-state index contributed by atoms with van der Waals surface area (Å²) in [6, 6.07) is -0.752. The van der Waals surface area contributed by atoms with Crippen LogP contribution in [-0.2, 0) is 19.1 Å². The number of aliphatic hydroxyl groups is 1. The van der Waals surface area contributed by atoms with Gasteiger partial charge >= 0.3 is 18.0 Å². The Morgan fingerprint density at radius 3 is 2.59 bits per heavy atom. The monoisotopic (exact) mass is 540 g/mol. The molecule has 0 aromatic carbocycles. The molecule has 0 aromatic rings. The van der Waals surface area contributed by atoms with Gasteiger partial charge in [0.2, 0.25) is 0 Å². The van der Waals surface area contributed by atoms with Crippen molar-refractivity contribution in [2.24, 2.45) is 22.2 Å². The molecular weight excluding hydrogens is 496 g/mol. The highest BCUT2D eigenvalue weighted by molar-refractivity contribution is 8.14. The van der Waals surface area contributed by atoms with Crippen LogP contribution in [0, 0.1) is 17.3 Å². The van der Waals surface area contributed by atoms with E-state index in [0.29, 0.717) is 51.6 Å². The number of rotatable bonds is 13. The number of esters is 2. The van der Waals surface area contributed by atoms with Gasteiger partial charge in [-0.25, -0.2) is 9.59 Å². The first-order chi connectivity index (χ1) is 17.3. The van der Waals surface area contributed by atoms with E-state index in [-0.39, 0.29) is 35.1 Å². The van der Waals surface area contributed by atoms with Crippen LogP contribution in [0.5, 0.6) is 0 Å². The lowest BCUT2D eigenvalue weighted by molar-refractivity contribution is -0.161. The molecule has 0 saturated carbocycles. The summed E-state index contributed by atoms with van der Waals surface area (Å²) in [6.45, 7) is 14.7. The number of nitrogens with zero attached hydrogens (tertiary/aromatic N) is 2. The quantitative estimate of drug-likeness (QED) is 0.258. The third-order valence-electron chi connectivity index (χ3n) is 6.99. The number of hydrogen-bond acceptors (Lipinski definition) is 8. The van der Waals surface area contributed by atoms with E-state index in [1.54, 1.807) is 17.8 Å². The lowest BCUT2D eigenvalue weighted by Crippen LogP contribution is -2.44. The minimum Gasteiger partial charge on any atom is -0.465 e. The molecule has 0 bridgehead atoms. The van der Waals surface area contributed by atoms with Gasteiger partial charge in [0.15, 0.2) is 0 Å². The number of likely N-dealkylation sites (tertiary alicyclic amines) is 1. The second-order valence-electron chi connectivity index (χ2n) is 11.3. The molecule has 9 nitrogen and oxygen atoms in total. The number of carbonyl (C=O) groups is 3. The van der Waals surface area contributed by atoms with Crippen LogP contribution < -0.4 is 0 Å². The van der Waals surface area contributed by atoms with Crippen molar-refractivity contribution in [1.29, 1.82) is 0 Å². The zero-order valence-electron chi connectivity index (χ0n) is 22.9. The van der Waals surface area contributed by atoms with Gasteiger partial charge in [-0.1, -0.05) is 47.3 Å². The van der Waals surface area contributed by atoms with Gasteiger partial charge in [0.1, 0.15) is 18.8 Å². The largest absolute Gasteiger partial charge is 0.465 e. The summed E-state index contributed by atoms with van der Waals surface area (Å²) in [6.07, 6.45) is 2.65. The Bertz CT molecular complexity index is 841. The van der Waals surface area contributed by atoms with Crippen LogP contribution in [0.3, 0.4) is 0 Å². The van der Waals surface area contributed by atoms with Crippen LogP contribution in [0.1, 0.15) is 73.1 Å². The van der Waals surface area contributed by atoms with E-state index in [1.165, 1.54) is 0 Å². The Kier molecular flexibility index (Phi) is 11.9. The van der Waals surface area contributed by atoms with E-state index in [2.05, 4.69) is 11.6 Å². The maximum atomic E-state index is 12.9. The second-order valence-corrected chi connectivity index (χ2v) is 12.6. The third kappa shape index (κ3) is 9.63. The van der Waals surface area contributed by atoms with Crippen LogP contribution >= 0.6 is 11.8 Å². The zero-order chi connectivity index (χ0) is 27.8. The standard InChI is InChI=1S/C27H44N2O7S/c1-7-13-35-23(31)11-10-19-16-28-24(37-19)18(3)21(30)14-17(2)15-22(27(4,5)6)36-25(32)20-9-8-12-29(20)26(33)34/h7,17-22,30H,1,8-16H2,2-6H3,(H,33,34)/t17-,18-,19+,20?,21-,22-/m0/s1. The first kappa shape index (κ1) is 31.1. The lowest BCUT2D eigenvalue weighted by Gasteiger charge is -2.34. The maximum Gasteiger partial charge on any atom is 0.408 e. The number of aliphatic imine (C=N–C) groups is 1. The van der Waals surface area contributed by atoms with Crippen molar-refractivity contribution in [3.63, 3.8) is 0 Å². The molecule has 37 heavy (non-hydrogen) atoms. The van der Waals surface area contributed by atoms with Crippen molar-refractivity contribution in [3.8, 4) is 0 Å². The van der Waals surface area contributed by atoms with Crippen LogP contribution in [0.4, 0.5) is 4.79 Å². The molecule has 2 rings (SSSR count). The average molecular weight is 541 g/mol. The van der Waals surface area contributed by atoms with Gasteiger partial charge in [-0.15, -0.1) is 11.8 Å². The molecule has 1 fully saturated rings. The molecule has 0 spiro atoms. The molecule has 1 saturated heterocycles. The van der Waals surface area contributed by atoms with Crippen molar-refractivity contribution < 1.29 is 34.1 Å². The molecule has 210 valence electrons. The van der Waals surface area contributed by atoms with Crippen molar-refractivity contribution in [3.05, 3.63) is 12.7 Å². The zero-order valence-corrected chi connectivity index (χ0v) is 23.7. The molecule has 10 heteroatoms. The Labute approximate surface area is 225 Å². The fourth-order valence-electron chi connectivity index (χ4n) is 4.62. The maximum absolute atomic E-state index is 12.9. The minimum atomic E-state index is -1.10. The summed E-state index contributed by atoms with van der Waals surface area (Å²) in [5.74, 6) is -0.801. The molecule has 6 atom stereocenters. The van der Waals surface area contributed by atoms with Gasteiger partial charge in [0.25, 0.3) is 0 Å². The topological polar surface area (TPSA) is 126 Å². The van der Waals surface area contributed by atoms with E-state index in [0.717, 1.165) is 9.94 Å². The van der Waals surface area contributed by atoms with Gasteiger partial charge in [0, 0.05) is 24.1 Å². The fraction of sp³-hybridized carbons (Fsp3) is 0.778. The Hall–Kier alpha value is -2.07. The first-order valence-corrected chi connectivity index (χ1v) is 14.1. The van der Waals surface area contributed by atoms with Crippen LogP contribution in [0.15, 0.2) is 17.6 Å². The molecule has 0 aliphatic carbocycles. The number of aliphatic hydroxyl groups excluding tert-OH is 1. The summed E-state index contributed by atoms with van der Waals surface area (Å²) in [5.41, 5.74) is -0.335. The van der Waals surface area contributed by atoms with Crippen molar-refractivity contribution in [2.45, 2.75) is 96.6 Å². The fourth-order valence-corrected chi connectivity index (χ4v) is 5.87. The Morgan fingerprint density at radius 1 is 1.27 bits per heavy atom. The Balaban J connectivity index is 1.86. The van der Waals surface area contributed by atoms with Crippen LogP contribution in [0.2, 0.25) is 0 Å². The summed E-state index contributed by atoms with van der Waals surface area (Å²) in [4.78, 5) is 41.8. The summed E-state index contributed by atoms with van der Waals surface area (Å²) in [7, 11) is 0. The molecule has 0 radical (unpaired) electrons. The van der Waals surface area contributed by atoms with Gasteiger partial charge in [0.05, 0.1) is 17.7 Å². The number of hydrogen-bond donors (Lipinski definition) is 2. The van der Waals surface area contributed by atoms with Crippen molar-refractivity contribution in [1.82, 2.24) is 4.90 Å². The van der Waals surface area contributed by atoms with E-state index in [9.17, 15) is 24.6 Å². The first-order valence-electron chi connectivity index (χ1n) is 13.2. The number of carbonyl (C=O) groups excluding carboxylic acids is 2. The SMILES string of the molecule is C=CCOC(=O)CC[C@@H]1CN=C([C@@H](C)[C@@H](O)C[C@H](C)C[C@H](OC(=O)C2CCCN2C(=O)O)C(C)(C)C)S1. The molecule has 1 amide bonds. The van der Waals surface area contributed by atoms with Crippen molar-refractivity contribution >= 4 is 34.8 Å². The minimum absolute atomic E-state index is 0.0658. The van der Waals surface area contributed by atoms with Crippen LogP contribution in [0.25, 0.3) is 0 Å². The highest BCUT2D eigenvalue weighted by Gasteiger charge is 2.39. The number of ether oxygens (including phenoxy) is 2. The molecule has 1 unspecified atom stereocenters. The highest BCUT2D eigenvalue weighted by Crippen LogP contribution is 2.34. The van der Waals surface area contributed by atoms with E-state index in [4.69, 9.17) is 9.47 Å². The van der Waals surface area contributed by atoms with Gasteiger partial charge < -0.3 is 19.7 Å².